The molecule has 136 valence electrons. The molecule has 1 aromatic heterocycles. The first-order valence-corrected chi connectivity index (χ1v) is 9.77. The van der Waals surface area contributed by atoms with Crippen molar-refractivity contribution < 1.29 is 24.7 Å². The van der Waals surface area contributed by atoms with Crippen LogP contribution in [0.4, 0.5) is 0 Å². The lowest BCUT2D eigenvalue weighted by atomic mass is 9.95. The minimum Gasteiger partial charge on any atom is -0.390 e. The Labute approximate surface area is 141 Å². The summed E-state index contributed by atoms with van der Waals surface area (Å²) < 4.78 is 7.66. The van der Waals surface area contributed by atoms with Gasteiger partial charge in [-0.15, -0.1) is 5.10 Å². The predicted octanol–water partition coefficient (Wildman–Crippen LogP) is -0.559. The summed E-state index contributed by atoms with van der Waals surface area (Å²) in [5, 5.41) is 31.9. The van der Waals surface area contributed by atoms with Crippen LogP contribution in [0.15, 0.2) is 6.20 Å². The van der Waals surface area contributed by atoms with Gasteiger partial charge in [0.25, 0.3) is 0 Å². The van der Waals surface area contributed by atoms with Crippen LogP contribution in [0, 0.1) is 0 Å². The van der Waals surface area contributed by atoms with Crippen molar-refractivity contribution in [2.45, 2.75) is 56.1 Å². The van der Waals surface area contributed by atoms with Crippen LogP contribution in [-0.4, -0.2) is 72.6 Å². The van der Waals surface area contributed by atoms with Gasteiger partial charge in [-0.25, -0.2) is 4.68 Å². The molecule has 4 atom stereocenters. The molecule has 0 spiro atoms. The van der Waals surface area contributed by atoms with E-state index < -0.39 is 26.7 Å². The van der Waals surface area contributed by atoms with Gasteiger partial charge in [0.1, 0.15) is 17.9 Å². The van der Waals surface area contributed by atoms with E-state index in [1.54, 1.807) is 6.20 Å². The summed E-state index contributed by atoms with van der Waals surface area (Å²) in [7, 11) is -1.99. The number of aromatic nitrogens is 3. The molecule has 2 fully saturated rings. The number of piperidine rings is 1. The Morgan fingerprint density at radius 3 is 2.75 bits per heavy atom. The molecule has 3 rings (SSSR count). The number of rotatable bonds is 5. The minimum absolute atomic E-state index is 0.220. The first-order chi connectivity index (χ1) is 11.5. The first-order valence-electron chi connectivity index (χ1n) is 8.34. The van der Waals surface area contributed by atoms with E-state index in [1.807, 2.05) is 4.68 Å². The molecule has 3 heterocycles. The average molecular weight is 360 g/mol. The van der Waals surface area contributed by atoms with Gasteiger partial charge in [0.15, 0.2) is 8.38 Å². The van der Waals surface area contributed by atoms with Crippen molar-refractivity contribution in [3.05, 3.63) is 11.9 Å². The Bertz CT molecular complexity index is 525. The zero-order chi connectivity index (χ0) is 17.1. The summed E-state index contributed by atoms with van der Waals surface area (Å²) in [4.78, 5) is 18.1. The van der Waals surface area contributed by atoms with E-state index in [2.05, 4.69) is 15.6 Å². The van der Waals surface area contributed by atoms with Crippen LogP contribution < -0.4 is 5.32 Å². The van der Waals surface area contributed by atoms with Crippen molar-refractivity contribution in [2.24, 2.45) is 0 Å². The molecular formula is C14H25N4O5P. The van der Waals surface area contributed by atoms with Gasteiger partial charge in [-0.2, -0.15) is 0 Å². The number of hydrogen-bond donors (Lipinski definition) is 5. The SMILES string of the molecule is OC1CC(CCP(O)O)O[C@H](c2cn(C3CCNCC3)nn2)C1O. The molecule has 2 aliphatic rings. The first kappa shape index (κ1) is 18.1. The van der Waals surface area contributed by atoms with Gasteiger partial charge >= 0.3 is 0 Å². The van der Waals surface area contributed by atoms with Crippen molar-refractivity contribution in [3.63, 3.8) is 0 Å². The van der Waals surface area contributed by atoms with Crippen molar-refractivity contribution in [1.82, 2.24) is 20.3 Å². The molecule has 2 saturated heterocycles. The highest BCUT2D eigenvalue weighted by atomic mass is 31.2. The number of aliphatic hydroxyl groups is 2. The maximum atomic E-state index is 10.2. The topological polar surface area (TPSA) is 133 Å². The van der Waals surface area contributed by atoms with Gasteiger partial charge in [0, 0.05) is 12.6 Å². The summed E-state index contributed by atoms with van der Waals surface area (Å²) >= 11 is 0. The molecule has 5 N–H and O–H groups in total. The third-order valence-corrected chi connectivity index (χ3v) is 5.36. The molecule has 0 bridgehead atoms. The van der Waals surface area contributed by atoms with E-state index in [9.17, 15) is 10.2 Å². The van der Waals surface area contributed by atoms with Crippen molar-refractivity contribution >= 4 is 8.38 Å². The van der Waals surface area contributed by atoms with Crippen molar-refractivity contribution in [3.8, 4) is 0 Å². The van der Waals surface area contributed by atoms with Crippen LogP contribution in [0.3, 0.4) is 0 Å². The second-order valence-corrected chi connectivity index (χ2v) is 7.65. The lowest BCUT2D eigenvalue weighted by Crippen LogP contribution is -2.43. The van der Waals surface area contributed by atoms with Gasteiger partial charge in [-0.1, -0.05) is 5.21 Å². The third-order valence-electron chi connectivity index (χ3n) is 4.70. The second-order valence-electron chi connectivity index (χ2n) is 6.46. The zero-order valence-corrected chi connectivity index (χ0v) is 14.3. The Morgan fingerprint density at radius 2 is 2.04 bits per heavy atom. The summed E-state index contributed by atoms with van der Waals surface area (Å²) in [6.07, 6.45) is 1.54. The van der Waals surface area contributed by atoms with Gasteiger partial charge in [0.05, 0.1) is 24.4 Å². The van der Waals surface area contributed by atoms with Crippen LogP contribution in [0.1, 0.15) is 43.5 Å². The van der Waals surface area contributed by atoms with Crippen LogP contribution >= 0.6 is 8.38 Å². The van der Waals surface area contributed by atoms with Crippen LogP contribution in [-0.2, 0) is 4.74 Å². The summed E-state index contributed by atoms with van der Waals surface area (Å²) in [5.41, 5.74) is 0.500. The maximum absolute atomic E-state index is 10.2. The molecule has 0 aromatic carbocycles. The molecule has 3 unspecified atom stereocenters. The molecule has 0 amide bonds. The lowest BCUT2D eigenvalue weighted by Gasteiger charge is -2.36. The Morgan fingerprint density at radius 1 is 1.29 bits per heavy atom. The zero-order valence-electron chi connectivity index (χ0n) is 13.4. The molecule has 10 heteroatoms. The standard InChI is InChI=1S/C14H25N4O5P/c19-12-7-10(3-6-24(21)22)23-14(13(12)20)11-8-18(17-16-11)9-1-4-15-5-2-9/h8-10,12-15,19-22H,1-7H2/t10?,12?,13?,14-/m1/s1. The van der Waals surface area contributed by atoms with E-state index in [0.29, 0.717) is 12.1 Å². The highest BCUT2D eigenvalue weighted by molar-refractivity contribution is 7.45. The fourth-order valence-corrected chi connectivity index (χ4v) is 3.83. The van der Waals surface area contributed by atoms with E-state index in [-0.39, 0.29) is 24.7 Å². The van der Waals surface area contributed by atoms with E-state index in [1.165, 1.54) is 0 Å². The van der Waals surface area contributed by atoms with E-state index in [4.69, 9.17) is 14.5 Å². The molecular weight excluding hydrogens is 335 g/mol. The summed E-state index contributed by atoms with van der Waals surface area (Å²) in [6.45, 7) is 1.88. The average Bonchev–Trinajstić information content (AvgIpc) is 3.06. The smallest absolute Gasteiger partial charge is 0.165 e. The number of ether oxygens (including phenoxy) is 1. The van der Waals surface area contributed by atoms with Gasteiger partial charge in [-0.05, 0) is 32.4 Å². The normalized spacial score (nSPS) is 32.4. The Kier molecular flexibility index (Phi) is 6.15. The highest BCUT2D eigenvalue weighted by Gasteiger charge is 2.39. The summed E-state index contributed by atoms with van der Waals surface area (Å²) in [5.74, 6) is 0. The van der Waals surface area contributed by atoms with Crippen LogP contribution in [0.25, 0.3) is 0 Å². The number of hydrogen-bond acceptors (Lipinski definition) is 8. The predicted molar refractivity (Wildman–Crippen MR) is 86.2 cm³/mol. The van der Waals surface area contributed by atoms with Crippen molar-refractivity contribution in [2.75, 3.05) is 19.3 Å². The highest BCUT2D eigenvalue weighted by Crippen LogP contribution is 2.35. The lowest BCUT2D eigenvalue weighted by molar-refractivity contribution is -0.172. The second kappa shape index (κ2) is 8.14. The molecule has 9 nitrogen and oxygen atoms in total. The van der Waals surface area contributed by atoms with Crippen LogP contribution in [0.2, 0.25) is 0 Å². The largest absolute Gasteiger partial charge is 0.390 e. The number of nitrogens with one attached hydrogen (secondary N) is 1. The van der Waals surface area contributed by atoms with Gasteiger partial charge in [-0.3, -0.25) is 0 Å². The maximum Gasteiger partial charge on any atom is 0.165 e. The van der Waals surface area contributed by atoms with E-state index in [0.717, 1.165) is 25.9 Å². The fourth-order valence-electron chi connectivity index (χ4n) is 3.31. The molecule has 0 radical (unpaired) electrons. The Hall–Kier alpha value is -0.670. The molecule has 1 aromatic rings. The van der Waals surface area contributed by atoms with Crippen molar-refractivity contribution in [1.29, 1.82) is 0 Å². The molecule has 2 aliphatic heterocycles. The quantitative estimate of drug-likeness (QED) is 0.442. The monoisotopic (exact) mass is 360 g/mol. The molecule has 0 aliphatic carbocycles. The summed E-state index contributed by atoms with van der Waals surface area (Å²) in [6, 6.07) is 0.279. The third kappa shape index (κ3) is 4.29. The molecule has 24 heavy (non-hydrogen) atoms. The van der Waals surface area contributed by atoms with Gasteiger partial charge in [0.2, 0.25) is 0 Å². The molecule has 0 saturated carbocycles. The number of nitrogens with zero attached hydrogens (tertiary/aromatic N) is 3. The fraction of sp³-hybridized carbons (Fsp3) is 0.857. The number of aliphatic hydroxyl groups excluding tert-OH is 2. The van der Waals surface area contributed by atoms with E-state index >= 15 is 0 Å². The van der Waals surface area contributed by atoms with Crippen LogP contribution in [0.5, 0.6) is 0 Å². The van der Waals surface area contributed by atoms with Gasteiger partial charge < -0.3 is 30.1 Å². The Balaban J connectivity index is 1.68. The minimum atomic E-state index is -1.99.